The van der Waals surface area contributed by atoms with E-state index >= 15 is 0 Å². The second-order valence-corrected chi connectivity index (χ2v) is 4.39. The number of halogens is 1. The summed E-state index contributed by atoms with van der Waals surface area (Å²) in [5.41, 5.74) is 0.649. The zero-order valence-corrected chi connectivity index (χ0v) is 9.43. The van der Waals surface area contributed by atoms with E-state index in [4.69, 9.17) is 0 Å². The SMILES string of the molecule is C[C@H]1[C@H](O)CCCN1Cc1ccncc1F. The molecule has 1 aliphatic rings. The number of hydrogen-bond donors (Lipinski definition) is 1. The number of aromatic nitrogens is 1. The van der Waals surface area contributed by atoms with Gasteiger partial charge in [-0.1, -0.05) is 0 Å². The highest BCUT2D eigenvalue weighted by Crippen LogP contribution is 2.20. The first-order chi connectivity index (χ1) is 7.68. The third-order valence-corrected chi connectivity index (χ3v) is 3.31. The molecule has 0 amide bonds. The predicted octanol–water partition coefficient (Wildman–Crippen LogP) is 1.57. The third kappa shape index (κ3) is 2.39. The first-order valence-corrected chi connectivity index (χ1v) is 5.69. The highest BCUT2D eigenvalue weighted by molar-refractivity contribution is 5.12. The predicted molar refractivity (Wildman–Crippen MR) is 59.3 cm³/mol. The van der Waals surface area contributed by atoms with Crippen LogP contribution in [0.5, 0.6) is 0 Å². The summed E-state index contributed by atoms with van der Waals surface area (Å²) in [7, 11) is 0. The minimum Gasteiger partial charge on any atom is -0.392 e. The maximum atomic E-state index is 13.4. The van der Waals surface area contributed by atoms with E-state index in [1.165, 1.54) is 6.20 Å². The lowest BCUT2D eigenvalue weighted by Gasteiger charge is -2.36. The van der Waals surface area contributed by atoms with E-state index < -0.39 is 0 Å². The van der Waals surface area contributed by atoms with Gasteiger partial charge >= 0.3 is 0 Å². The molecule has 3 nitrogen and oxygen atoms in total. The van der Waals surface area contributed by atoms with Gasteiger partial charge in [-0.05, 0) is 32.4 Å². The fraction of sp³-hybridized carbons (Fsp3) is 0.583. The van der Waals surface area contributed by atoms with Gasteiger partial charge < -0.3 is 5.11 Å². The van der Waals surface area contributed by atoms with E-state index in [9.17, 15) is 9.50 Å². The Morgan fingerprint density at radius 1 is 1.62 bits per heavy atom. The van der Waals surface area contributed by atoms with Gasteiger partial charge in [-0.15, -0.1) is 0 Å². The van der Waals surface area contributed by atoms with Crippen molar-refractivity contribution in [1.82, 2.24) is 9.88 Å². The molecule has 1 fully saturated rings. The minimum atomic E-state index is -0.293. The van der Waals surface area contributed by atoms with Crippen LogP contribution < -0.4 is 0 Å². The van der Waals surface area contributed by atoms with Gasteiger partial charge in [0.2, 0.25) is 0 Å². The molecule has 16 heavy (non-hydrogen) atoms. The number of rotatable bonds is 2. The van der Waals surface area contributed by atoms with Crippen LogP contribution >= 0.6 is 0 Å². The van der Waals surface area contributed by atoms with Crippen LogP contribution in [0, 0.1) is 5.82 Å². The van der Waals surface area contributed by atoms with E-state index in [0.29, 0.717) is 12.1 Å². The maximum absolute atomic E-state index is 13.4. The summed E-state index contributed by atoms with van der Waals surface area (Å²) < 4.78 is 13.4. The number of hydrogen-bond acceptors (Lipinski definition) is 3. The summed E-state index contributed by atoms with van der Waals surface area (Å²) in [6.45, 7) is 3.45. The van der Waals surface area contributed by atoms with Crippen LogP contribution in [0.4, 0.5) is 4.39 Å². The molecule has 1 aromatic heterocycles. The molecule has 4 heteroatoms. The van der Waals surface area contributed by atoms with Crippen molar-refractivity contribution in [2.24, 2.45) is 0 Å². The summed E-state index contributed by atoms with van der Waals surface area (Å²) in [5.74, 6) is -0.269. The Kier molecular flexibility index (Phi) is 3.51. The molecule has 0 saturated carbocycles. The van der Waals surface area contributed by atoms with Crippen LogP contribution in [0.3, 0.4) is 0 Å². The maximum Gasteiger partial charge on any atom is 0.145 e. The Morgan fingerprint density at radius 3 is 3.19 bits per heavy atom. The van der Waals surface area contributed by atoms with Crippen molar-refractivity contribution in [3.05, 3.63) is 29.8 Å². The highest BCUT2D eigenvalue weighted by Gasteiger charge is 2.26. The summed E-state index contributed by atoms with van der Waals surface area (Å²) in [6.07, 6.45) is 4.36. The number of pyridine rings is 1. The van der Waals surface area contributed by atoms with Gasteiger partial charge in [0.15, 0.2) is 0 Å². The molecule has 2 rings (SSSR count). The Morgan fingerprint density at radius 2 is 2.44 bits per heavy atom. The molecule has 2 heterocycles. The molecular weight excluding hydrogens is 207 g/mol. The third-order valence-electron chi connectivity index (χ3n) is 3.31. The number of nitrogens with zero attached hydrogens (tertiary/aromatic N) is 2. The summed E-state index contributed by atoms with van der Waals surface area (Å²) >= 11 is 0. The van der Waals surface area contributed by atoms with Crippen LogP contribution in [-0.2, 0) is 6.54 Å². The van der Waals surface area contributed by atoms with Crippen LogP contribution in [0.1, 0.15) is 25.3 Å². The van der Waals surface area contributed by atoms with Crippen LogP contribution in [0.2, 0.25) is 0 Å². The van der Waals surface area contributed by atoms with Crippen molar-refractivity contribution in [3.8, 4) is 0 Å². The van der Waals surface area contributed by atoms with Crippen molar-refractivity contribution in [3.63, 3.8) is 0 Å². The van der Waals surface area contributed by atoms with Crippen molar-refractivity contribution < 1.29 is 9.50 Å². The van der Waals surface area contributed by atoms with Gasteiger partial charge in [-0.2, -0.15) is 0 Å². The minimum absolute atomic E-state index is 0.0984. The second kappa shape index (κ2) is 4.89. The lowest BCUT2D eigenvalue weighted by atomic mass is 10.00. The Bertz CT molecular complexity index is 359. The van der Waals surface area contributed by atoms with E-state index in [1.807, 2.05) is 6.92 Å². The number of aliphatic hydroxyl groups excluding tert-OH is 1. The quantitative estimate of drug-likeness (QED) is 0.828. The highest BCUT2D eigenvalue weighted by atomic mass is 19.1. The monoisotopic (exact) mass is 224 g/mol. The lowest BCUT2D eigenvalue weighted by Crippen LogP contribution is -2.45. The van der Waals surface area contributed by atoms with Crippen molar-refractivity contribution >= 4 is 0 Å². The first-order valence-electron chi connectivity index (χ1n) is 5.69. The molecule has 1 aliphatic heterocycles. The second-order valence-electron chi connectivity index (χ2n) is 4.39. The summed E-state index contributed by atoms with van der Waals surface area (Å²) in [5, 5.41) is 9.75. The van der Waals surface area contributed by atoms with Gasteiger partial charge in [0.1, 0.15) is 5.82 Å². The zero-order chi connectivity index (χ0) is 11.5. The number of aliphatic hydroxyl groups is 1. The topological polar surface area (TPSA) is 36.4 Å². The number of piperidine rings is 1. The molecule has 0 spiro atoms. The Labute approximate surface area is 94.9 Å². The Balaban J connectivity index is 2.06. The van der Waals surface area contributed by atoms with Gasteiger partial charge in [0, 0.05) is 24.3 Å². The molecule has 1 N–H and O–H groups in total. The smallest absolute Gasteiger partial charge is 0.145 e. The van der Waals surface area contributed by atoms with E-state index in [-0.39, 0.29) is 18.0 Å². The van der Waals surface area contributed by atoms with Gasteiger partial charge in [0.05, 0.1) is 12.3 Å². The van der Waals surface area contributed by atoms with Crippen molar-refractivity contribution in [2.75, 3.05) is 6.54 Å². The molecule has 1 saturated heterocycles. The molecule has 0 aromatic carbocycles. The van der Waals surface area contributed by atoms with Gasteiger partial charge in [-0.3, -0.25) is 9.88 Å². The van der Waals surface area contributed by atoms with E-state index in [0.717, 1.165) is 19.4 Å². The lowest BCUT2D eigenvalue weighted by molar-refractivity contribution is 0.0152. The van der Waals surface area contributed by atoms with Crippen molar-refractivity contribution in [2.45, 2.75) is 38.5 Å². The fourth-order valence-corrected chi connectivity index (χ4v) is 2.17. The van der Waals surface area contributed by atoms with Gasteiger partial charge in [0.25, 0.3) is 0 Å². The molecular formula is C12H17FN2O. The van der Waals surface area contributed by atoms with Crippen LogP contribution in [-0.4, -0.2) is 33.7 Å². The van der Waals surface area contributed by atoms with Crippen LogP contribution in [0.25, 0.3) is 0 Å². The average Bonchev–Trinajstić information content (AvgIpc) is 2.28. The molecule has 1 aromatic rings. The molecule has 0 unspecified atom stereocenters. The average molecular weight is 224 g/mol. The van der Waals surface area contributed by atoms with Crippen LogP contribution in [0.15, 0.2) is 18.5 Å². The Hall–Kier alpha value is -1.00. The molecule has 0 aliphatic carbocycles. The standard InChI is InChI=1S/C12H17FN2O/c1-9-12(16)3-2-6-15(9)8-10-4-5-14-7-11(10)13/h4-5,7,9,12,16H,2-3,6,8H2,1H3/t9-,12+/m0/s1. The zero-order valence-electron chi connectivity index (χ0n) is 9.43. The molecule has 0 bridgehead atoms. The first kappa shape index (κ1) is 11.5. The van der Waals surface area contributed by atoms with E-state index in [2.05, 4.69) is 9.88 Å². The largest absolute Gasteiger partial charge is 0.392 e. The number of likely N-dealkylation sites (tertiary alicyclic amines) is 1. The van der Waals surface area contributed by atoms with Gasteiger partial charge in [-0.25, -0.2) is 4.39 Å². The summed E-state index contributed by atoms with van der Waals surface area (Å²) in [4.78, 5) is 5.85. The molecule has 88 valence electrons. The molecule has 0 radical (unpaired) electrons. The van der Waals surface area contributed by atoms with Crippen molar-refractivity contribution in [1.29, 1.82) is 0 Å². The normalized spacial score (nSPS) is 26.9. The van der Waals surface area contributed by atoms with E-state index in [1.54, 1.807) is 12.3 Å². The summed E-state index contributed by atoms with van der Waals surface area (Å²) in [6, 6.07) is 1.80. The molecule has 2 atom stereocenters. The fourth-order valence-electron chi connectivity index (χ4n) is 2.17.